The van der Waals surface area contributed by atoms with Crippen LogP contribution in [0, 0.1) is 11.3 Å². The molecule has 4 rings (SSSR count). The molecular formula is C19H26N2O3. The highest BCUT2D eigenvalue weighted by Gasteiger charge is 2.60. The molecule has 3 fully saturated rings. The Morgan fingerprint density at radius 3 is 2.88 bits per heavy atom. The number of anilines is 1. The van der Waals surface area contributed by atoms with Gasteiger partial charge in [-0.1, -0.05) is 26.0 Å². The van der Waals surface area contributed by atoms with Gasteiger partial charge in [-0.25, -0.2) is 0 Å². The first kappa shape index (κ1) is 15.9. The monoisotopic (exact) mass is 330 g/mol. The zero-order valence-electron chi connectivity index (χ0n) is 14.6. The van der Waals surface area contributed by atoms with Crippen molar-refractivity contribution in [2.75, 3.05) is 25.2 Å². The van der Waals surface area contributed by atoms with E-state index in [2.05, 4.69) is 19.2 Å². The van der Waals surface area contributed by atoms with Crippen LogP contribution in [0.5, 0.6) is 5.75 Å². The fourth-order valence-electron chi connectivity index (χ4n) is 4.81. The number of para-hydroxylation sites is 2. The lowest BCUT2D eigenvalue weighted by Crippen LogP contribution is -2.68. The minimum absolute atomic E-state index is 0.0965. The summed E-state index contributed by atoms with van der Waals surface area (Å²) >= 11 is 0. The molecule has 1 aliphatic carbocycles. The van der Waals surface area contributed by atoms with Crippen LogP contribution >= 0.6 is 0 Å². The number of carbonyl (C=O) groups excluding carboxylic acids is 1. The predicted octanol–water partition coefficient (Wildman–Crippen LogP) is 2.20. The van der Waals surface area contributed by atoms with Crippen molar-refractivity contribution in [3.63, 3.8) is 0 Å². The highest BCUT2D eigenvalue weighted by molar-refractivity contribution is 6.00. The number of fused-ring (bicyclic) bond motifs is 1. The average molecular weight is 330 g/mol. The van der Waals surface area contributed by atoms with E-state index in [4.69, 9.17) is 9.47 Å². The van der Waals surface area contributed by atoms with Gasteiger partial charge < -0.3 is 19.7 Å². The number of amides is 1. The molecule has 4 atom stereocenters. The van der Waals surface area contributed by atoms with E-state index in [1.54, 1.807) is 7.11 Å². The SMILES string of the molecule is COc1ccccc1N1CCC(NC2C3CCOC3C2(C)C)C1=O. The van der Waals surface area contributed by atoms with Crippen LogP contribution < -0.4 is 15.0 Å². The zero-order valence-corrected chi connectivity index (χ0v) is 14.6. The summed E-state index contributed by atoms with van der Waals surface area (Å²) in [5.74, 6) is 1.45. The quantitative estimate of drug-likeness (QED) is 0.919. The maximum Gasteiger partial charge on any atom is 0.244 e. The van der Waals surface area contributed by atoms with Crippen LogP contribution in [0.4, 0.5) is 5.69 Å². The minimum Gasteiger partial charge on any atom is -0.495 e. The van der Waals surface area contributed by atoms with E-state index in [1.165, 1.54) is 0 Å². The summed E-state index contributed by atoms with van der Waals surface area (Å²) in [6, 6.07) is 7.97. The smallest absolute Gasteiger partial charge is 0.244 e. The lowest BCUT2D eigenvalue weighted by atomic mass is 9.57. The fourth-order valence-corrected chi connectivity index (χ4v) is 4.81. The Bertz CT molecular complexity index is 645. The first-order chi connectivity index (χ1) is 11.5. The summed E-state index contributed by atoms with van der Waals surface area (Å²) in [5.41, 5.74) is 0.962. The van der Waals surface area contributed by atoms with E-state index in [0.717, 1.165) is 37.4 Å². The van der Waals surface area contributed by atoms with Crippen LogP contribution in [0.1, 0.15) is 26.7 Å². The molecule has 1 N–H and O–H groups in total. The van der Waals surface area contributed by atoms with Gasteiger partial charge in [0.2, 0.25) is 5.91 Å². The van der Waals surface area contributed by atoms with E-state index >= 15 is 0 Å². The average Bonchev–Trinajstić information content (AvgIpc) is 3.18. The maximum absolute atomic E-state index is 12.9. The topological polar surface area (TPSA) is 50.8 Å². The molecule has 2 saturated heterocycles. The van der Waals surface area contributed by atoms with Crippen LogP contribution in [-0.4, -0.2) is 44.4 Å². The summed E-state index contributed by atoms with van der Waals surface area (Å²) in [6.45, 7) is 6.07. The molecule has 4 unspecified atom stereocenters. The van der Waals surface area contributed by atoms with Crippen molar-refractivity contribution in [3.05, 3.63) is 24.3 Å². The number of ether oxygens (including phenoxy) is 2. The zero-order chi connectivity index (χ0) is 16.9. The van der Waals surface area contributed by atoms with E-state index < -0.39 is 0 Å². The summed E-state index contributed by atoms with van der Waals surface area (Å²) in [4.78, 5) is 14.8. The summed E-state index contributed by atoms with van der Waals surface area (Å²) in [6.07, 6.45) is 2.28. The van der Waals surface area contributed by atoms with Crippen molar-refractivity contribution in [2.45, 2.75) is 44.9 Å². The van der Waals surface area contributed by atoms with Gasteiger partial charge in [0, 0.05) is 30.5 Å². The molecule has 130 valence electrons. The number of carbonyl (C=O) groups is 1. The Hall–Kier alpha value is -1.59. The highest BCUT2D eigenvalue weighted by atomic mass is 16.5. The lowest BCUT2D eigenvalue weighted by molar-refractivity contribution is -0.127. The third kappa shape index (κ3) is 2.25. The second kappa shape index (κ2) is 5.74. The Labute approximate surface area is 143 Å². The molecule has 0 spiro atoms. The third-order valence-electron chi connectivity index (χ3n) is 6.06. The molecule has 1 amide bonds. The molecule has 1 aromatic rings. The van der Waals surface area contributed by atoms with Gasteiger partial charge in [-0.15, -0.1) is 0 Å². The number of hydrogen-bond donors (Lipinski definition) is 1. The number of nitrogens with zero attached hydrogens (tertiary/aromatic N) is 1. The molecular weight excluding hydrogens is 304 g/mol. The largest absolute Gasteiger partial charge is 0.495 e. The number of rotatable bonds is 4. The van der Waals surface area contributed by atoms with Crippen molar-refractivity contribution in [2.24, 2.45) is 11.3 Å². The first-order valence-electron chi connectivity index (χ1n) is 8.86. The molecule has 0 aromatic heterocycles. The third-order valence-corrected chi connectivity index (χ3v) is 6.06. The predicted molar refractivity (Wildman–Crippen MR) is 92.3 cm³/mol. The molecule has 0 radical (unpaired) electrons. The number of hydrogen-bond acceptors (Lipinski definition) is 4. The van der Waals surface area contributed by atoms with Gasteiger partial charge in [-0.3, -0.25) is 4.79 Å². The van der Waals surface area contributed by atoms with Crippen molar-refractivity contribution in [1.82, 2.24) is 5.32 Å². The van der Waals surface area contributed by atoms with Crippen LogP contribution in [0.3, 0.4) is 0 Å². The first-order valence-corrected chi connectivity index (χ1v) is 8.86. The Kier molecular flexibility index (Phi) is 3.81. The van der Waals surface area contributed by atoms with Crippen molar-refractivity contribution < 1.29 is 14.3 Å². The number of methoxy groups -OCH3 is 1. The van der Waals surface area contributed by atoms with Crippen LogP contribution in [0.15, 0.2) is 24.3 Å². The van der Waals surface area contributed by atoms with Crippen molar-refractivity contribution >= 4 is 11.6 Å². The molecule has 2 aliphatic heterocycles. The van der Waals surface area contributed by atoms with E-state index in [0.29, 0.717) is 18.1 Å². The van der Waals surface area contributed by atoms with Crippen LogP contribution in [-0.2, 0) is 9.53 Å². The normalized spacial score (nSPS) is 34.1. The summed E-state index contributed by atoms with van der Waals surface area (Å²) < 4.78 is 11.3. The van der Waals surface area contributed by atoms with E-state index in [-0.39, 0.29) is 17.4 Å². The summed E-state index contributed by atoms with van der Waals surface area (Å²) in [5, 5.41) is 3.65. The van der Waals surface area contributed by atoms with Gasteiger partial charge in [-0.05, 0) is 25.0 Å². The maximum atomic E-state index is 12.9. The number of benzene rings is 1. The molecule has 2 heterocycles. The van der Waals surface area contributed by atoms with Crippen LogP contribution in [0.25, 0.3) is 0 Å². The molecule has 1 saturated carbocycles. The van der Waals surface area contributed by atoms with Gasteiger partial charge in [0.1, 0.15) is 5.75 Å². The molecule has 3 aliphatic rings. The number of nitrogens with one attached hydrogen (secondary N) is 1. The Morgan fingerprint density at radius 1 is 1.29 bits per heavy atom. The fraction of sp³-hybridized carbons (Fsp3) is 0.632. The van der Waals surface area contributed by atoms with Gasteiger partial charge in [-0.2, -0.15) is 0 Å². The lowest BCUT2D eigenvalue weighted by Gasteiger charge is -2.55. The van der Waals surface area contributed by atoms with Gasteiger partial charge in [0.15, 0.2) is 0 Å². The second-order valence-corrected chi connectivity index (χ2v) is 7.71. The van der Waals surface area contributed by atoms with Crippen LogP contribution in [0.2, 0.25) is 0 Å². The molecule has 0 bridgehead atoms. The molecule has 5 heteroatoms. The van der Waals surface area contributed by atoms with E-state index in [9.17, 15) is 4.79 Å². The molecule has 24 heavy (non-hydrogen) atoms. The summed E-state index contributed by atoms with van der Waals surface area (Å²) in [7, 11) is 1.65. The minimum atomic E-state index is -0.110. The van der Waals surface area contributed by atoms with Crippen molar-refractivity contribution in [3.8, 4) is 5.75 Å². The molecule has 1 aromatic carbocycles. The standard InChI is InChI=1S/C19H26N2O3/c1-19(2)16(12-9-11-24-17(12)19)20-13-8-10-21(18(13)22)14-6-4-5-7-15(14)23-3/h4-7,12-13,16-17,20H,8-11H2,1-3H3. The van der Waals surface area contributed by atoms with Gasteiger partial charge in [0.25, 0.3) is 0 Å². The Morgan fingerprint density at radius 2 is 2.08 bits per heavy atom. The Balaban J connectivity index is 1.48. The van der Waals surface area contributed by atoms with Gasteiger partial charge >= 0.3 is 0 Å². The highest BCUT2D eigenvalue weighted by Crippen LogP contribution is 2.52. The van der Waals surface area contributed by atoms with E-state index in [1.807, 2.05) is 29.2 Å². The van der Waals surface area contributed by atoms with Gasteiger partial charge in [0.05, 0.1) is 24.9 Å². The molecule has 5 nitrogen and oxygen atoms in total. The van der Waals surface area contributed by atoms with Crippen molar-refractivity contribution in [1.29, 1.82) is 0 Å². The second-order valence-electron chi connectivity index (χ2n) is 7.71.